The molecule has 0 saturated carbocycles. The summed E-state index contributed by atoms with van der Waals surface area (Å²) in [6.45, 7) is 6.55. The molecule has 0 aromatic rings. The largest absolute Gasteiger partial charge is 0.356 e. The SMILES string of the molecule is CCCCNC(=O)[C](C)C. The Morgan fingerprint density at radius 2 is 2.00 bits per heavy atom. The van der Waals surface area contributed by atoms with Crippen LogP contribution in [0.4, 0.5) is 0 Å². The van der Waals surface area contributed by atoms with Crippen molar-refractivity contribution in [3.8, 4) is 0 Å². The lowest BCUT2D eigenvalue weighted by molar-refractivity contribution is -0.119. The molecule has 10 heavy (non-hydrogen) atoms. The van der Waals surface area contributed by atoms with Gasteiger partial charge in [-0.05, 0) is 6.42 Å². The lowest BCUT2D eigenvalue weighted by Gasteiger charge is -2.04. The zero-order valence-corrected chi connectivity index (χ0v) is 7.03. The second kappa shape index (κ2) is 5.27. The molecule has 1 N–H and O–H groups in total. The molecule has 0 aliphatic heterocycles. The van der Waals surface area contributed by atoms with Gasteiger partial charge < -0.3 is 5.32 Å². The number of nitrogens with one attached hydrogen (secondary N) is 1. The molecule has 0 spiro atoms. The Balaban J connectivity index is 3.22. The molecular weight excluding hydrogens is 126 g/mol. The van der Waals surface area contributed by atoms with E-state index in [9.17, 15) is 4.79 Å². The minimum absolute atomic E-state index is 0.0773. The van der Waals surface area contributed by atoms with Crippen LogP contribution in [0.2, 0.25) is 0 Å². The maximum Gasteiger partial charge on any atom is 0.226 e. The third kappa shape index (κ3) is 4.36. The van der Waals surface area contributed by atoms with E-state index in [2.05, 4.69) is 12.2 Å². The van der Waals surface area contributed by atoms with Gasteiger partial charge in [0.15, 0.2) is 0 Å². The van der Waals surface area contributed by atoms with E-state index in [0.717, 1.165) is 25.3 Å². The minimum atomic E-state index is 0.0773. The van der Waals surface area contributed by atoms with Crippen LogP contribution in [0.5, 0.6) is 0 Å². The molecule has 0 rings (SSSR count). The van der Waals surface area contributed by atoms with E-state index in [4.69, 9.17) is 0 Å². The van der Waals surface area contributed by atoms with Crippen molar-refractivity contribution in [3.63, 3.8) is 0 Å². The van der Waals surface area contributed by atoms with Gasteiger partial charge in [-0.1, -0.05) is 27.2 Å². The highest BCUT2D eigenvalue weighted by Gasteiger charge is 2.04. The number of hydrogen-bond donors (Lipinski definition) is 1. The molecule has 0 aromatic heterocycles. The highest BCUT2D eigenvalue weighted by atomic mass is 16.1. The Kier molecular flexibility index (Phi) is 4.99. The van der Waals surface area contributed by atoms with Gasteiger partial charge in [-0.3, -0.25) is 4.79 Å². The van der Waals surface area contributed by atoms with Crippen LogP contribution in [0, 0.1) is 5.92 Å². The summed E-state index contributed by atoms with van der Waals surface area (Å²) >= 11 is 0. The first-order valence-corrected chi connectivity index (χ1v) is 3.76. The second-order valence-corrected chi connectivity index (χ2v) is 2.61. The van der Waals surface area contributed by atoms with Gasteiger partial charge in [0.2, 0.25) is 5.91 Å². The summed E-state index contributed by atoms with van der Waals surface area (Å²) in [4.78, 5) is 10.9. The lowest BCUT2D eigenvalue weighted by Crippen LogP contribution is -2.27. The van der Waals surface area contributed by atoms with Crippen molar-refractivity contribution in [2.75, 3.05) is 6.54 Å². The second-order valence-electron chi connectivity index (χ2n) is 2.61. The normalized spacial score (nSPS) is 10.0. The third-order valence-electron chi connectivity index (χ3n) is 1.27. The zero-order valence-electron chi connectivity index (χ0n) is 7.03. The number of hydrogen-bond acceptors (Lipinski definition) is 1. The van der Waals surface area contributed by atoms with Crippen molar-refractivity contribution in [2.45, 2.75) is 33.6 Å². The van der Waals surface area contributed by atoms with Gasteiger partial charge in [-0.25, -0.2) is 0 Å². The predicted molar refractivity (Wildman–Crippen MR) is 42.5 cm³/mol. The fourth-order valence-corrected chi connectivity index (χ4v) is 0.555. The van der Waals surface area contributed by atoms with E-state index in [-0.39, 0.29) is 5.91 Å². The fraction of sp³-hybridized carbons (Fsp3) is 0.750. The molecule has 0 heterocycles. The van der Waals surface area contributed by atoms with Crippen LogP contribution >= 0.6 is 0 Å². The van der Waals surface area contributed by atoms with E-state index in [1.165, 1.54) is 0 Å². The Bertz CT molecular complexity index is 99.4. The summed E-state index contributed by atoms with van der Waals surface area (Å²) < 4.78 is 0. The Labute approximate surface area is 63.0 Å². The van der Waals surface area contributed by atoms with E-state index < -0.39 is 0 Å². The molecule has 59 valence electrons. The average molecular weight is 142 g/mol. The zero-order chi connectivity index (χ0) is 7.98. The monoisotopic (exact) mass is 142 g/mol. The van der Waals surface area contributed by atoms with Crippen LogP contribution in [0.25, 0.3) is 0 Å². The van der Waals surface area contributed by atoms with Crippen LogP contribution in [0.1, 0.15) is 33.6 Å². The van der Waals surface area contributed by atoms with E-state index >= 15 is 0 Å². The highest BCUT2D eigenvalue weighted by molar-refractivity contribution is 5.88. The minimum Gasteiger partial charge on any atom is -0.356 e. The summed E-state index contributed by atoms with van der Waals surface area (Å²) in [6, 6.07) is 0. The van der Waals surface area contributed by atoms with E-state index in [1.54, 1.807) is 0 Å². The highest BCUT2D eigenvalue weighted by Crippen LogP contribution is 1.93. The van der Waals surface area contributed by atoms with Crippen LogP contribution in [0.15, 0.2) is 0 Å². The summed E-state index contributed by atoms with van der Waals surface area (Å²) in [5, 5.41) is 2.81. The number of amides is 1. The van der Waals surface area contributed by atoms with Crippen molar-refractivity contribution in [2.24, 2.45) is 0 Å². The van der Waals surface area contributed by atoms with Gasteiger partial charge in [0, 0.05) is 6.54 Å². The van der Waals surface area contributed by atoms with Gasteiger partial charge in [0.05, 0.1) is 5.92 Å². The van der Waals surface area contributed by atoms with Crippen LogP contribution in [-0.2, 0) is 4.79 Å². The quantitative estimate of drug-likeness (QED) is 0.592. The number of rotatable bonds is 4. The van der Waals surface area contributed by atoms with Crippen LogP contribution in [0.3, 0.4) is 0 Å². The Morgan fingerprint density at radius 1 is 1.40 bits per heavy atom. The number of carbonyl (C=O) groups excluding carboxylic acids is 1. The van der Waals surface area contributed by atoms with E-state index in [0.29, 0.717) is 0 Å². The van der Waals surface area contributed by atoms with Crippen LogP contribution < -0.4 is 5.32 Å². The first-order chi connectivity index (χ1) is 4.68. The Morgan fingerprint density at radius 3 is 2.40 bits per heavy atom. The summed E-state index contributed by atoms with van der Waals surface area (Å²) in [5.74, 6) is 0.907. The van der Waals surface area contributed by atoms with Crippen molar-refractivity contribution in [1.29, 1.82) is 0 Å². The van der Waals surface area contributed by atoms with Gasteiger partial charge >= 0.3 is 0 Å². The first-order valence-electron chi connectivity index (χ1n) is 3.76. The third-order valence-corrected chi connectivity index (χ3v) is 1.27. The average Bonchev–Trinajstić information content (AvgIpc) is 1.88. The van der Waals surface area contributed by atoms with Crippen molar-refractivity contribution in [1.82, 2.24) is 5.32 Å². The molecule has 0 aliphatic rings. The lowest BCUT2D eigenvalue weighted by atomic mass is 10.2. The summed E-state index contributed by atoms with van der Waals surface area (Å²) in [6.07, 6.45) is 2.20. The predicted octanol–water partition coefficient (Wildman–Crippen LogP) is 1.52. The molecule has 0 unspecified atom stereocenters. The number of carbonyl (C=O) groups is 1. The molecule has 0 aromatic carbocycles. The van der Waals surface area contributed by atoms with Gasteiger partial charge in [-0.15, -0.1) is 0 Å². The molecule has 1 amide bonds. The van der Waals surface area contributed by atoms with Crippen molar-refractivity contribution >= 4 is 5.91 Å². The molecule has 0 aliphatic carbocycles. The van der Waals surface area contributed by atoms with E-state index in [1.807, 2.05) is 13.8 Å². The van der Waals surface area contributed by atoms with Crippen LogP contribution in [-0.4, -0.2) is 12.5 Å². The first kappa shape index (κ1) is 9.47. The van der Waals surface area contributed by atoms with Gasteiger partial charge in [-0.2, -0.15) is 0 Å². The molecule has 0 bridgehead atoms. The summed E-state index contributed by atoms with van der Waals surface area (Å²) in [7, 11) is 0. The number of unbranched alkanes of at least 4 members (excludes halogenated alkanes) is 1. The smallest absolute Gasteiger partial charge is 0.226 e. The molecule has 2 nitrogen and oxygen atoms in total. The molecule has 2 heteroatoms. The molecule has 0 atom stereocenters. The maximum absolute atomic E-state index is 10.9. The maximum atomic E-state index is 10.9. The van der Waals surface area contributed by atoms with Gasteiger partial charge in [0.1, 0.15) is 0 Å². The summed E-state index contributed by atoms with van der Waals surface area (Å²) in [5.41, 5.74) is 0. The molecule has 0 fully saturated rings. The molecule has 0 saturated heterocycles. The fourth-order valence-electron chi connectivity index (χ4n) is 0.555. The molecular formula is C8H16NO. The topological polar surface area (TPSA) is 29.1 Å². The standard InChI is InChI=1S/C8H16NO/c1-4-5-6-9-8(10)7(2)3/h4-6H2,1-3H3,(H,9,10). The molecule has 1 radical (unpaired) electrons. The van der Waals surface area contributed by atoms with Gasteiger partial charge in [0.25, 0.3) is 0 Å². The van der Waals surface area contributed by atoms with Crippen molar-refractivity contribution in [3.05, 3.63) is 5.92 Å². The Hall–Kier alpha value is -0.530. The van der Waals surface area contributed by atoms with Crippen molar-refractivity contribution < 1.29 is 4.79 Å².